The summed E-state index contributed by atoms with van der Waals surface area (Å²) in [5, 5.41) is 10.7. The van der Waals surface area contributed by atoms with E-state index in [0.717, 1.165) is 18.7 Å². The molecule has 3 aromatic rings. The van der Waals surface area contributed by atoms with Crippen LogP contribution in [0, 0.1) is 11.3 Å². The van der Waals surface area contributed by atoms with E-state index in [-0.39, 0.29) is 6.10 Å². The second-order valence-electron chi connectivity index (χ2n) is 6.59. The Morgan fingerprint density at radius 2 is 1.90 bits per heavy atom. The number of para-hydroxylation sites is 1. The average Bonchev–Trinajstić information content (AvgIpc) is 3.19. The molecule has 0 aliphatic carbocycles. The van der Waals surface area contributed by atoms with Gasteiger partial charge in [-0.05, 0) is 36.4 Å². The van der Waals surface area contributed by atoms with Gasteiger partial charge in [0, 0.05) is 25.2 Å². The summed E-state index contributed by atoms with van der Waals surface area (Å²) in [7, 11) is 0. The number of benzene rings is 2. The van der Waals surface area contributed by atoms with Crippen LogP contribution in [0.2, 0.25) is 10.0 Å². The molecule has 2 heterocycles. The summed E-state index contributed by atoms with van der Waals surface area (Å²) >= 11 is 12.3. The molecular formula is C22H17Cl2N3O2. The van der Waals surface area contributed by atoms with Crippen LogP contribution in [-0.4, -0.2) is 24.2 Å². The number of aromatic nitrogens is 1. The number of nitriles is 1. The van der Waals surface area contributed by atoms with E-state index in [1.54, 1.807) is 36.5 Å². The van der Waals surface area contributed by atoms with Crippen molar-refractivity contribution in [2.24, 2.45) is 0 Å². The highest BCUT2D eigenvalue weighted by atomic mass is 35.5. The van der Waals surface area contributed by atoms with E-state index < -0.39 is 0 Å². The van der Waals surface area contributed by atoms with Crippen LogP contribution in [-0.2, 0) is 0 Å². The van der Waals surface area contributed by atoms with E-state index in [9.17, 15) is 5.26 Å². The summed E-state index contributed by atoms with van der Waals surface area (Å²) in [6.45, 7) is 1.42. The first-order valence-corrected chi connectivity index (χ1v) is 9.88. The number of ether oxygens (including phenoxy) is 2. The summed E-state index contributed by atoms with van der Waals surface area (Å²) in [5.41, 5.74) is 1.38. The lowest BCUT2D eigenvalue weighted by Crippen LogP contribution is -2.25. The van der Waals surface area contributed by atoms with Crippen molar-refractivity contribution >= 4 is 28.9 Å². The second kappa shape index (κ2) is 8.60. The van der Waals surface area contributed by atoms with Gasteiger partial charge in [-0.1, -0.05) is 35.3 Å². The molecule has 1 aromatic heterocycles. The zero-order valence-electron chi connectivity index (χ0n) is 15.4. The minimum Gasteiger partial charge on any atom is -0.471 e. The Labute approximate surface area is 179 Å². The summed E-state index contributed by atoms with van der Waals surface area (Å²) < 4.78 is 11.8. The lowest BCUT2D eigenvalue weighted by molar-refractivity contribution is 0.216. The van der Waals surface area contributed by atoms with Gasteiger partial charge in [-0.2, -0.15) is 5.26 Å². The summed E-state index contributed by atoms with van der Waals surface area (Å²) in [6, 6.07) is 18.5. The molecule has 1 saturated heterocycles. The number of rotatable bonds is 5. The van der Waals surface area contributed by atoms with Gasteiger partial charge in [0.1, 0.15) is 28.7 Å². The topological polar surface area (TPSA) is 58.4 Å². The predicted octanol–water partition coefficient (Wildman–Crippen LogP) is 5.71. The maximum atomic E-state index is 9.64. The molecule has 2 aromatic carbocycles. The Morgan fingerprint density at radius 1 is 1.07 bits per heavy atom. The Balaban J connectivity index is 1.48. The number of hydrogen-bond acceptors (Lipinski definition) is 5. The zero-order valence-corrected chi connectivity index (χ0v) is 16.9. The monoisotopic (exact) mass is 425 g/mol. The van der Waals surface area contributed by atoms with E-state index in [4.69, 9.17) is 32.7 Å². The van der Waals surface area contributed by atoms with Gasteiger partial charge in [-0.15, -0.1) is 0 Å². The van der Waals surface area contributed by atoms with E-state index >= 15 is 0 Å². The maximum Gasteiger partial charge on any atom is 0.232 e. The molecule has 1 atom stereocenters. The van der Waals surface area contributed by atoms with Crippen molar-refractivity contribution in [3.05, 3.63) is 76.4 Å². The van der Waals surface area contributed by atoms with Gasteiger partial charge in [0.25, 0.3) is 0 Å². The fourth-order valence-corrected chi connectivity index (χ4v) is 3.60. The highest BCUT2D eigenvalue weighted by Crippen LogP contribution is 2.33. The summed E-state index contributed by atoms with van der Waals surface area (Å²) in [4.78, 5) is 6.30. The van der Waals surface area contributed by atoms with Crippen LogP contribution in [0.25, 0.3) is 0 Å². The lowest BCUT2D eigenvalue weighted by Gasteiger charge is -2.21. The molecule has 1 unspecified atom stereocenters. The molecule has 5 nitrogen and oxygen atoms in total. The van der Waals surface area contributed by atoms with Crippen molar-refractivity contribution in [3.8, 4) is 23.4 Å². The van der Waals surface area contributed by atoms with Crippen molar-refractivity contribution in [3.63, 3.8) is 0 Å². The molecule has 0 bridgehead atoms. The third-order valence-corrected chi connectivity index (χ3v) is 5.24. The number of hydrogen-bond donors (Lipinski definition) is 0. The third kappa shape index (κ3) is 4.40. The number of pyridine rings is 1. The molecule has 0 saturated carbocycles. The van der Waals surface area contributed by atoms with Crippen molar-refractivity contribution in [2.45, 2.75) is 12.5 Å². The summed E-state index contributed by atoms with van der Waals surface area (Å²) in [5.74, 6) is 1.54. The minimum atomic E-state index is -0.0482. The Bertz CT molecular complexity index is 1070. The molecule has 4 rings (SSSR count). The lowest BCUT2D eigenvalue weighted by atomic mass is 10.1. The smallest absolute Gasteiger partial charge is 0.232 e. The first kappa shape index (κ1) is 19.4. The van der Waals surface area contributed by atoms with Crippen LogP contribution in [0.1, 0.15) is 12.0 Å². The largest absolute Gasteiger partial charge is 0.471 e. The van der Waals surface area contributed by atoms with Crippen LogP contribution >= 0.6 is 23.2 Å². The van der Waals surface area contributed by atoms with E-state index in [2.05, 4.69) is 16.0 Å². The van der Waals surface area contributed by atoms with Gasteiger partial charge in [0.05, 0.1) is 22.8 Å². The molecule has 29 heavy (non-hydrogen) atoms. The first-order valence-electron chi connectivity index (χ1n) is 9.12. The number of anilines is 1. The molecule has 1 aliphatic rings. The van der Waals surface area contributed by atoms with Gasteiger partial charge in [0.2, 0.25) is 5.88 Å². The van der Waals surface area contributed by atoms with Crippen molar-refractivity contribution in [1.82, 2.24) is 4.98 Å². The third-order valence-electron chi connectivity index (χ3n) is 4.64. The van der Waals surface area contributed by atoms with Gasteiger partial charge in [0.15, 0.2) is 0 Å². The van der Waals surface area contributed by atoms with Crippen LogP contribution in [0.15, 0.2) is 60.8 Å². The average molecular weight is 426 g/mol. The van der Waals surface area contributed by atoms with Gasteiger partial charge >= 0.3 is 0 Å². The molecule has 146 valence electrons. The SMILES string of the molecule is N#Cc1cc(Oc2ccccc2Cl)ccc1N1CCC(Oc2ncccc2Cl)C1. The van der Waals surface area contributed by atoms with Crippen LogP contribution in [0.4, 0.5) is 5.69 Å². The van der Waals surface area contributed by atoms with Crippen LogP contribution in [0.5, 0.6) is 17.4 Å². The highest BCUT2D eigenvalue weighted by Gasteiger charge is 2.27. The summed E-state index contributed by atoms with van der Waals surface area (Å²) in [6.07, 6.45) is 2.42. The van der Waals surface area contributed by atoms with Gasteiger partial charge < -0.3 is 14.4 Å². The molecule has 0 amide bonds. The Morgan fingerprint density at radius 3 is 2.69 bits per heavy atom. The predicted molar refractivity (Wildman–Crippen MR) is 113 cm³/mol. The minimum absolute atomic E-state index is 0.0482. The molecule has 1 aliphatic heterocycles. The van der Waals surface area contributed by atoms with Crippen LogP contribution < -0.4 is 14.4 Å². The molecule has 0 spiro atoms. The van der Waals surface area contributed by atoms with Gasteiger partial charge in [-0.25, -0.2) is 4.98 Å². The standard InChI is InChI=1S/C22H17Cl2N3O2/c23-18-4-1-2-6-21(18)28-16-7-8-20(15(12-16)13-25)27-11-9-17(14-27)29-22-19(24)5-3-10-26-22/h1-8,10,12,17H,9,11,14H2. The molecule has 0 N–H and O–H groups in total. The Hall–Kier alpha value is -2.94. The quantitative estimate of drug-likeness (QED) is 0.523. The zero-order chi connectivity index (χ0) is 20.2. The normalized spacial score (nSPS) is 15.8. The maximum absolute atomic E-state index is 9.64. The van der Waals surface area contributed by atoms with Crippen molar-refractivity contribution in [2.75, 3.05) is 18.0 Å². The second-order valence-corrected chi connectivity index (χ2v) is 7.40. The van der Waals surface area contributed by atoms with Crippen LogP contribution in [0.3, 0.4) is 0 Å². The highest BCUT2D eigenvalue weighted by molar-refractivity contribution is 6.32. The van der Waals surface area contributed by atoms with E-state index in [1.807, 2.05) is 24.3 Å². The fourth-order valence-electron chi connectivity index (χ4n) is 3.26. The first-order chi connectivity index (χ1) is 14.1. The Kier molecular flexibility index (Phi) is 5.75. The van der Waals surface area contributed by atoms with Gasteiger partial charge in [-0.3, -0.25) is 0 Å². The molecule has 7 heteroatoms. The van der Waals surface area contributed by atoms with Crippen molar-refractivity contribution < 1.29 is 9.47 Å². The number of halogens is 2. The number of nitrogens with zero attached hydrogens (tertiary/aromatic N) is 3. The molecule has 0 radical (unpaired) electrons. The molecular weight excluding hydrogens is 409 g/mol. The molecule has 1 fully saturated rings. The fraction of sp³-hybridized carbons (Fsp3) is 0.182. The van der Waals surface area contributed by atoms with E-state index in [1.165, 1.54) is 0 Å². The van der Waals surface area contributed by atoms with Crippen molar-refractivity contribution in [1.29, 1.82) is 5.26 Å². The van der Waals surface area contributed by atoms with E-state index in [0.29, 0.717) is 39.5 Å².